The molecule has 1 atom stereocenters. The number of nitrogens with zero attached hydrogens (tertiary/aromatic N) is 3. The Labute approximate surface area is 182 Å². The number of piperidine rings is 1. The third-order valence-electron chi connectivity index (χ3n) is 5.51. The molecule has 3 heterocycles. The van der Waals surface area contributed by atoms with E-state index in [-0.39, 0.29) is 18.2 Å². The highest BCUT2D eigenvalue weighted by molar-refractivity contribution is 7.15. The van der Waals surface area contributed by atoms with Crippen molar-refractivity contribution in [3.05, 3.63) is 52.3 Å². The summed E-state index contributed by atoms with van der Waals surface area (Å²) in [5.74, 6) is -0.439. The Morgan fingerprint density at radius 1 is 1.20 bits per heavy atom. The van der Waals surface area contributed by atoms with Crippen LogP contribution in [0.25, 0.3) is 10.4 Å². The Morgan fingerprint density at radius 3 is 2.77 bits per heavy atom. The van der Waals surface area contributed by atoms with Gasteiger partial charge in [-0.05, 0) is 41.8 Å². The molecule has 3 aromatic rings. The van der Waals surface area contributed by atoms with Crippen molar-refractivity contribution in [3.63, 3.8) is 0 Å². The molecule has 1 aliphatic heterocycles. The number of nitrogen functional groups attached to an aromatic ring is 1. The molecular formula is C21H23N5O2S2. The summed E-state index contributed by atoms with van der Waals surface area (Å²) in [6.45, 7) is 0.927. The number of hydrogen-bond acceptors (Lipinski definition) is 7. The minimum atomic E-state index is -0.776. The molecule has 30 heavy (non-hydrogen) atoms. The van der Waals surface area contributed by atoms with Gasteiger partial charge in [0.05, 0.1) is 11.8 Å². The van der Waals surface area contributed by atoms with Gasteiger partial charge in [0.25, 0.3) is 0 Å². The Balaban J connectivity index is 1.53. The number of carbonyl (C=O) groups excluding carboxylic acids is 2. The lowest BCUT2D eigenvalue weighted by atomic mass is 9.74. The van der Waals surface area contributed by atoms with E-state index in [1.165, 1.54) is 16.2 Å². The second kappa shape index (κ2) is 8.53. The molecule has 4 rings (SSSR count). The summed E-state index contributed by atoms with van der Waals surface area (Å²) in [5.41, 5.74) is 12.9. The van der Waals surface area contributed by atoms with Crippen molar-refractivity contribution in [3.8, 4) is 10.4 Å². The van der Waals surface area contributed by atoms with Crippen LogP contribution in [-0.2, 0) is 22.4 Å². The van der Waals surface area contributed by atoms with E-state index in [1.807, 2.05) is 23.6 Å². The van der Waals surface area contributed by atoms with Crippen LogP contribution in [0.1, 0.15) is 23.4 Å². The van der Waals surface area contributed by atoms with Crippen LogP contribution in [0.3, 0.4) is 0 Å². The fourth-order valence-electron chi connectivity index (χ4n) is 4.02. The second-order valence-corrected chi connectivity index (χ2v) is 9.67. The van der Waals surface area contributed by atoms with Crippen LogP contribution in [-0.4, -0.2) is 40.0 Å². The Kier molecular flexibility index (Phi) is 5.83. The van der Waals surface area contributed by atoms with E-state index in [2.05, 4.69) is 28.4 Å². The van der Waals surface area contributed by atoms with Crippen LogP contribution in [0.5, 0.6) is 0 Å². The van der Waals surface area contributed by atoms with Gasteiger partial charge >= 0.3 is 0 Å². The van der Waals surface area contributed by atoms with Gasteiger partial charge in [-0.2, -0.15) is 0 Å². The minimum Gasteiger partial charge on any atom is -0.374 e. The van der Waals surface area contributed by atoms with Gasteiger partial charge in [-0.3, -0.25) is 9.59 Å². The monoisotopic (exact) mass is 441 g/mol. The molecule has 1 saturated heterocycles. The van der Waals surface area contributed by atoms with Crippen molar-refractivity contribution in [2.45, 2.75) is 25.7 Å². The average Bonchev–Trinajstić information content (AvgIpc) is 3.40. The molecule has 2 aromatic heterocycles. The summed E-state index contributed by atoms with van der Waals surface area (Å²) >= 11 is 2.89. The van der Waals surface area contributed by atoms with E-state index in [0.29, 0.717) is 36.1 Å². The van der Waals surface area contributed by atoms with Gasteiger partial charge in [0.2, 0.25) is 16.9 Å². The van der Waals surface area contributed by atoms with Crippen LogP contribution < -0.4 is 11.5 Å². The normalized spacial score (nSPS) is 19.0. The largest absolute Gasteiger partial charge is 0.374 e. The third-order valence-corrected chi connectivity index (χ3v) is 7.18. The second-order valence-electron chi connectivity index (χ2n) is 7.63. The van der Waals surface area contributed by atoms with Gasteiger partial charge in [0.1, 0.15) is 5.01 Å². The highest BCUT2D eigenvalue weighted by Gasteiger charge is 2.42. The fraction of sp³-hybridized carbons (Fsp3) is 0.333. The number of likely N-dealkylation sites (tertiary alicyclic amines) is 1. The minimum absolute atomic E-state index is 0.0798. The lowest BCUT2D eigenvalue weighted by molar-refractivity contribution is -0.139. The van der Waals surface area contributed by atoms with Crippen LogP contribution in [0.2, 0.25) is 0 Å². The summed E-state index contributed by atoms with van der Waals surface area (Å²) in [7, 11) is 0. The van der Waals surface area contributed by atoms with Crippen molar-refractivity contribution < 1.29 is 9.59 Å². The molecule has 0 spiro atoms. The number of rotatable bonds is 6. The summed E-state index contributed by atoms with van der Waals surface area (Å²) < 4.78 is 0. The van der Waals surface area contributed by atoms with E-state index in [1.54, 1.807) is 16.2 Å². The number of hydrogen-bond donors (Lipinski definition) is 2. The highest BCUT2D eigenvalue weighted by atomic mass is 32.1. The van der Waals surface area contributed by atoms with Crippen LogP contribution in [0.15, 0.2) is 41.8 Å². The first-order valence-corrected chi connectivity index (χ1v) is 11.4. The van der Waals surface area contributed by atoms with E-state index in [0.717, 1.165) is 17.5 Å². The maximum atomic E-state index is 12.8. The maximum Gasteiger partial charge on any atom is 0.229 e. The molecule has 1 aromatic carbocycles. The standard InChI is InChI=1S/C21H23N5O2S2/c22-19(28)21(12-14-4-1-5-15(10-14)16-6-2-9-29-16)7-3-8-26(13-21)18(27)11-17-24-25-20(23)30-17/h1-2,4-6,9-10H,3,7-8,11-13H2,(H2,22,28)(H2,23,25)/t21-/m1/s1. The number of anilines is 1. The fourth-order valence-corrected chi connectivity index (χ4v) is 5.35. The molecule has 0 saturated carbocycles. The zero-order chi connectivity index (χ0) is 21.1. The van der Waals surface area contributed by atoms with Gasteiger partial charge in [-0.15, -0.1) is 21.5 Å². The van der Waals surface area contributed by atoms with Gasteiger partial charge in [-0.1, -0.05) is 41.7 Å². The van der Waals surface area contributed by atoms with Gasteiger partial charge < -0.3 is 16.4 Å². The van der Waals surface area contributed by atoms with Crippen molar-refractivity contribution in [2.24, 2.45) is 11.1 Å². The lowest BCUT2D eigenvalue weighted by Crippen LogP contribution is -2.53. The highest BCUT2D eigenvalue weighted by Crippen LogP contribution is 2.35. The SMILES string of the molecule is NC(=O)[C@@]1(Cc2cccc(-c3cccs3)c2)CCCN(C(=O)Cc2nnc(N)s2)C1. The Bertz CT molecular complexity index is 1050. The van der Waals surface area contributed by atoms with E-state index in [4.69, 9.17) is 11.5 Å². The molecule has 0 radical (unpaired) electrons. The number of benzene rings is 1. The molecule has 0 bridgehead atoms. The molecule has 2 amide bonds. The number of carbonyl (C=O) groups is 2. The summed E-state index contributed by atoms with van der Waals surface area (Å²) in [4.78, 5) is 28.3. The maximum absolute atomic E-state index is 12.8. The van der Waals surface area contributed by atoms with Gasteiger partial charge in [0.15, 0.2) is 0 Å². The smallest absolute Gasteiger partial charge is 0.229 e. The molecule has 4 N–H and O–H groups in total. The number of primary amides is 1. The first kappa shape index (κ1) is 20.5. The first-order chi connectivity index (χ1) is 14.4. The summed E-state index contributed by atoms with van der Waals surface area (Å²) in [6, 6.07) is 12.3. The number of thiophene rings is 1. The average molecular weight is 442 g/mol. The number of nitrogens with two attached hydrogens (primary N) is 2. The quantitative estimate of drug-likeness (QED) is 0.610. The van der Waals surface area contributed by atoms with Crippen molar-refractivity contribution in [1.29, 1.82) is 0 Å². The van der Waals surface area contributed by atoms with E-state index < -0.39 is 5.41 Å². The first-order valence-electron chi connectivity index (χ1n) is 9.73. The Hall–Kier alpha value is -2.78. The van der Waals surface area contributed by atoms with Crippen molar-refractivity contribution in [2.75, 3.05) is 18.8 Å². The zero-order valence-corrected chi connectivity index (χ0v) is 18.0. The van der Waals surface area contributed by atoms with Crippen LogP contribution in [0, 0.1) is 5.41 Å². The lowest BCUT2D eigenvalue weighted by Gasteiger charge is -2.41. The zero-order valence-electron chi connectivity index (χ0n) is 16.4. The van der Waals surface area contributed by atoms with Crippen molar-refractivity contribution in [1.82, 2.24) is 15.1 Å². The molecule has 1 aliphatic rings. The molecule has 7 nitrogen and oxygen atoms in total. The molecule has 1 fully saturated rings. The predicted molar refractivity (Wildman–Crippen MR) is 119 cm³/mol. The number of aromatic nitrogens is 2. The van der Waals surface area contributed by atoms with E-state index in [9.17, 15) is 9.59 Å². The van der Waals surface area contributed by atoms with Crippen LogP contribution >= 0.6 is 22.7 Å². The van der Waals surface area contributed by atoms with E-state index >= 15 is 0 Å². The van der Waals surface area contributed by atoms with Crippen molar-refractivity contribution >= 4 is 39.6 Å². The van der Waals surface area contributed by atoms with Crippen LogP contribution in [0.4, 0.5) is 5.13 Å². The molecule has 0 unspecified atom stereocenters. The molecular weight excluding hydrogens is 418 g/mol. The van der Waals surface area contributed by atoms with Gasteiger partial charge in [0, 0.05) is 18.0 Å². The summed E-state index contributed by atoms with van der Waals surface area (Å²) in [6.07, 6.45) is 2.05. The topological polar surface area (TPSA) is 115 Å². The predicted octanol–water partition coefficient (Wildman–Crippen LogP) is 2.73. The summed E-state index contributed by atoms with van der Waals surface area (Å²) in [5, 5.41) is 10.7. The number of amides is 2. The molecule has 156 valence electrons. The molecule has 0 aliphatic carbocycles. The third kappa shape index (κ3) is 4.36. The Morgan fingerprint density at radius 2 is 2.07 bits per heavy atom. The van der Waals surface area contributed by atoms with Gasteiger partial charge in [-0.25, -0.2) is 0 Å². The molecule has 9 heteroatoms.